The minimum atomic E-state index is 0.580. The van der Waals surface area contributed by atoms with Gasteiger partial charge in [-0.05, 0) is 37.3 Å². The van der Waals surface area contributed by atoms with Crippen LogP contribution in [0.25, 0.3) is 0 Å². The van der Waals surface area contributed by atoms with Gasteiger partial charge in [0.15, 0.2) is 5.89 Å². The smallest absolute Gasteiger partial charge is 0.194 e. The van der Waals surface area contributed by atoms with Gasteiger partial charge in [-0.25, -0.2) is 4.98 Å². The van der Waals surface area contributed by atoms with Crippen molar-refractivity contribution in [2.45, 2.75) is 52.6 Å². The van der Waals surface area contributed by atoms with Crippen LogP contribution in [-0.2, 0) is 25.9 Å². The van der Waals surface area contributed by atoms with Crippen LogP contribution in [-0.4, -0.2) is 11.5 Å². The number of nitrogens with two attached hydrogens (primary N) is 1. The molecule has 2 aromatic rings. The Morgan fingerprint density at radius 1 is 1.36 bits per heavy atom. The van der Waals surface area contributed by atoms with Gasteiger partial charge in [-0.2, -0.15) is 0 Å². The summed E-state index contributed by atoms with van der Waals surface area (Å²) in [5.41, 5.74) is 10.9. The van der Waals surface area contributed by atoms with Gasteiger partial charge in [0.2, 0.25) is 0 Å². The second-order valence-electron chi connectivity index (χ2n) is 6.02. The van der Waals surface area contributed by atoms with E-state index in [-0.39, 0.29) is 0 Å². The van der Waals surface area contributed by atoms with E-state index in [0.29, 0.717) is 6.54 Å². The van der Waals surface area contributed by atoms with Crippen molar-refractivity contribution in [1.82, 2.24) is 4.98 Å². The number of nitrogens with zero attached hydrogens (tertiary/aromatic N) is 2. The van der Waals surface area contributed by atoms with Crippen molar-refractivity contribution < 1.29 is 4.42 Å². The van der Waals surface area contributed by atoms with Gasteiger partial charge in [0.05, 0.1) is 12.2 Å². The summed E-state index contributed by atoms with van der Waals surface area (Å²) in [6.07, 6.45) is 4.28. The van der Waals surface area contributed by atoms with Crippen LogP contribution in [0, 0.1) is 6.92 Å². The fraction of sp³-hybridized carbons (Fsp3) is 0.500. The van der Waals surface area contributed by atoms with Gasteiger partial charge in [0.25, 0.3) is 0 Å². The molecular formula is C18H25N3O. The van der Waals surface area contributed by atoms with Crippen molar-refractivity contribution >= 4 is 5.69 Å². The average molecular weight is 299 g/mol. The maximum Gasteiger partial charge on any atom is 0.194 e. The molecule has 0 unspecified atom stereocenters. The molecule has 1 aliphatic heterocycles. The highest BCUT2D eigenvalue weighted by molar-refractivity contribution is 5.61. The fourth-order valence-electron chi connectivity index (χ4n) is 3.28. The average Bonchev–Trinajstić information content (AvgIpc) is 2.87. The van der Waals surface area contributed by atoms with E-state index in [9.17, 15) is 0 Å². The summed E-state index contributed by atoms with van der Waals surface area (Å²) in [7, 11) is 0. The Kier molecular flexibility index (Phi) is 4.48. The molecule has 22 heavy (non-hydrogen) atoms. The summed E-state index contributed by atoms with van der Waals surface area (Å²) < 4.78 is 5.96. The molecule has 0 amide bonds. The first kappa shape index (κ1) is 15.1. The van der Waals surface area contributed by atoms with Crippen LogP contribution in [0.5, 0.6) is 0 Å². The van der Waals surface area contributed by atoms with Gasteiger partial charge in [-0.15, -0.1) is 0 Å². The Morgan fingerprint density at radius 2 is 2.23 bits per heavy atom. The molecular weight excluding hydrogens is 274 g/mol. The lowest BCUT2D eigenvalue weighted by Gasteiger charge is -2.32. The minimum absolute atomic E-state index is 0.580. The van der Waals surface area contributed by atoms with E-state index in [1.54, 1.807) is 0 Å². The van der Waals surface area contributed by atoms with Crippen molar-refractivity contribution in [3.63, 3.8) is 0 Å². The number of aromatic nitrogens is 1. The fourth-order valence-corrected chi connectivity index (χ4v) is 3.28. The molecule has 0 spiro atoms. The summed E-state index contributed by atoms with van der Waals surface area (Å²) in [6.45, 7) is 6.60. The predicted octanol–water partition coefficient (Wildman–Crippen LogP) is 3.35. The molecule has 0 atom stereocenters. The molecule has 1 aromatic carbocycles. The van der Waals surface area contributed by atoms with E-state index in [2.05, 4.69) is 35.0 Å². The molecule has 0 aliphatic carbocycles. The number of hydrogen-bond acceptors (Lipinski definition) is 4. The largest absolute Gasteiger partial charge is 0.444 e. The number of benzene rings is 1. The van der Waals surface area contributed by atoms with E-state index in [0.717, 1.165) is 49.7 Å². The van der Waals surface area contributed by atoms with Gasteiger partial charge in [-0.1, -0.05) is 25.1 Å². The van der Waals surface area contributed by atoms with Gasteiger partial charge >= 0.3 is 0 Å². The predicted molar refractivity (Wildman–Crippen MR) is 88.9 cm³/mol. The maximum absolute atomic E-state index is 5.96. The number of aryl methyl sites for hydroxylation is 3. The first-order valence-electron chi connectivity index (χ1n) is 8.24. The summed E-state index contributed by atoms with van der Waals surface area (Å²) >= 11 is 0. The van der Waals surface area contributed by atoms with Crippen LogP contribution in [0.4, 0.5) is 5.69 Å². The van der Waals surface area contributed by atoms with Crippen molar-refractivity contribution in [2.75, 3.05) is 11.4 Å². The molecule has 2 heterocycles. The van der Waals surface area contributed by atoms with E-state index < -0.39 is 0 Å². The van der Waals surface area contributed by atoms with E-state index >= 15 is 0 Å². The zero-order chi connectivity index (χ0) is 15.5. The number of oxazole rings is 1. The van der Waals surface area contributed by atoms with Crippen molar-refractivity contribution in [3.8, 4) is 0 Å². The molecule has 4 heteroatoms. The monoisotopic (exact) mass is 299 g/mol. The summed E-state index contributed by atoms with van der Waals surface area (Å²) in [5.74, 6) is 1.85. The van der Waals surface area contributed by atoms with Crippen LogP contribution in [0.15, 0.2) is 22.6 Å². The van der Waals surface area contributed by atoms with Gasteiger partial charge in [0.1, 0.15) is 5.76 Å². The molecule has 0 radical (unpaired) electrons. The van der Waals surface area contributed by atoms with Crippen molar-refractivity contribution in [3.05, 3.63) is 46.7 Å². The Labute approximate surface area is 132 Å². The highest BCUT2D eigenvalue weighted by Gasteiger charge is 2.22. The van der Waals surface area contributed by atoms with Gasteiger partial charge in [0, 0.05) is 25.2 Å². The Balaban J connectivity index is 1.89. The molecule has 118 valence electrons. The second-order valence-corrected chi connectivity index (χ2v) is 6.02. The number of rotatable bonds is 5. The minimum Gasteiger partial charge on any atom is -0.444 e. The van der Waals surface area contributed by atoms with Gasteiger partial charge in [-0.3, -0.25) is 0 Å². The number of anilines is 1. The molecule has 0 saturated carbocycles. The number of fused-ring (bicyclic) bond motifs is 1. The van der Waals surface area contributed by atoms with E-state index in [4.69, 9.17) is 10.2 Å². The summed E-state index contributed by atoms with van der Waals surface area (Å²) in [6, 6.07) is 6.47. The quantitative estimate of drug-likeness (QED) is 0.920. The molecule has 0 fully saturated rings. The van der Waals surface area contributed by atoms with E-state index in [1.807, 2.05) is 6.92 Å². The SMILES string of the molecule is CCCc1nc(C)c(CN2CCCc3cccc(CN)c32)o1. The van der Waals surface area contributed by atoms with Crippen LogP contribution in [0.2, 0.25) is 0 Å². The zero-order valence-electron chi connectivity index (χ0n) is 13.6. The molecule has 3 rings (SSSR count). The molecule has 4 nitrogen and oxygen atoms in total. The zero-order valence-corrected chi connectivity index (χ0v) is 13.6. The molecule has 1 aliphatic rings. The van der Waals surface area contributed by atoms with Crippen molar-refractivity contribution in [2.24, 2.45) is 5.73 Å². The summed E-state index contributed by atoms with van der Waals surface area (Å²) in [4.78, 5) is 6.95. The normalized spacial score (nSPS) is 14.2. The lowest BCUT2D eigenvalue weighted by Crippen LogP contribution is -2.30. The first-order valence-corrected chi connectivity index (χ1v) is 8.24. The molecule has 2 N–H and O–H groups in total. The third-order valence-corrected chi connectivity index (χ3v) is 4.35. The molecule has 0 bridgehead atoms. The highest BCUT2D eigenvalue weighted by Crippen LogP contribution is 2.32. The van der Waals surface area contributed by atoms with Gasteiger partial charge < -0.3 is 15.1 Å². The number of hydrogen-bond donors (Lipinski definition) is 1. The molecule has 0 saturated heterocycles. The lowest BCUT2D eigenvalue weighted by molar-refractivity contribution is 0.445. The Hall–Kier alpha value is -1.81. The third-order valence-electron chi connectivity index (χ3n) is 4.35. The van der Waals surface area contributed by atoms with Crippen LogP contribution < -0.4 is 10.6 Å². The first-order chi connectivity index (χ1) is 10.7. The topological polar surface area (TPSA) is 55.3 Å². The van der Waals surface area contributed by atoms with Crippen molar-refractivity contribution in [1.29, 1.82) is 0 Å². The summed E-state index contributed by atoms with van der Waals surface area (Å²) in [5, 5.41) is 0. The standard InChI is InChI=1S/C18H25N3O/c1-3-6-17-20-13(2)16(22-17)12-21-10-5-9-14-7-4-8-15(11-19)18(14)21/h4,7-8H,3,5-6,9-12,19H2,1-2H3. The van der Waals surface area contributed by atoms with Crippen LogP contribution in [0.1, 0.15) is 48.2 Å². The Bertz CT molecular complexity index is 634. The lowest BCUT2D eigenvalue weighted by atomic mass is 9.97. The van der Waals surface area contributed by atoms with Crippen LogP contribution >= 0.6 is 0 Å². The highest BCUT2D eigenvalue weighted by atomic mass is 16.4. The van der Waals surface area contributed by atoms with Crippen LogP contribution in [0.3, 0.4) is 0 Å². The number of para-hydroxylation sites is 1. The second kappa shape index (κ2) is 6.53. The third kappa shape index (κ3) is 2.88. The maximum atomic E-state index is 5.96. The van der Waals surface area contributed by atoms with E-state index in [1.165, 1.54) is 23.2 Å². The Morgan fingerprint density at radius 3 is 3.00 bits per heavy atom. The molecule has 1 aromatic heterocycles.